The van der Waals surface area contributed by atoms with Crippen molar-refractivity contribution in [1.82, 2.24) is 0 Å². The van der Waals surface area contributed by atoms with Gasteiger partial charge in [-0.1, -0.05) is 43.9 Å². The van der Waals surface area contributed by atoms with Crippen LogP contribution in [-0.4, -0.2) is 23.4 Å². The van der Waals surface area contributed by atoms with E-state index in [0.29, 0.717) is 13.0 Å². The molecular formula is C19H30O2. The van der Waals surface area contributed by atoms with Crippen LogP contribution in [0, 0.1) is 13.8 Å². The fourth-order valence-electron chi connectivity index (χ4n) is 3.53. The number of aryl methyl sites for hydroxylation is 2. The molecule has 0 amide bonds. The van der Waals surface area contributed by atoms with E-state index in [1.54, 1.807) is 0 Å². The number of rotatable bonds is 5. The van der Waals surface area contributed by atoms with Gasteiger partial charge in [0.2, 0.25) is 0 Å². The fraction of sp³-hybridized carbons (Fsp3) is 0.684. The van der Waals surface area contributed by atoms with Crippen LogP contribution in [0.5, 0.6) is 0 Å². The van der Waals surface area contributed by atoms with Crippen molar-refractivity contribution in [3.05, 3.63) is 34.9 Å². The number of aliphatic hydroxyl groups excluding tert-OH is 1. The lowest BCUT2D eigenvalue weighted by Crippen LogP contribution is -2.46. The van der Waals surface area contributed by atoms with E-state index in [2.05, 4.69) is 32.0 Å². The Balaban J connectivity index is 2.13. The molecule has 0 radical (unpaired) electrons. The van der Waals surface area contributed by atoms with Crippen LogP contribution in [0.25, 0.3) is 0 Å². The SMILES string of the molecule is CCOC1(C(O)Cc2ccc(C)c(C)c2)CCCCCC1. The molecule has 1 saturated carbocycles. The van der Waals surface area contributed by atoms with Gasteiger partial charge in [0.1, 0.15) is 0 Å². The lowest BCUT2D eigenvalue weighted by atomic mass is 9.84. The molecule has 0 aliphatic heterocycles. The van der Waals surface area contributed by atoms with Crippen molar-refractivity contribution < 1.29 is 9.84 Å². The summed E-state index contributed by atoms with van der Waals surface area (Å²) in [6, 6.07) is 6.49. The summed E-state index contributed by atoms with van der Waals surface area (Å²) in [7, 11) is 0. The molecule has 2 rings (SSSR count). The summed E-state index contributed by atoms with van der Waals surface area (Å²) in [5.41, 5.74) is 3.49. The highest BCUT2D eigenvalue weighted by molar-refractivity contribution is 5.30. The zero-order valence-corrected chi connectivity index (χ0v) is 13.8. The second kappa shape index (κ2) is 7.42. The van der Waals surface area contributed by atoms with Gasteiger partial charge in [-0.3, -0.25) is 0 Å². The summed E-state index contributed by atoms with van der Waals surface area (Å²) in [4.78, 5) is 0. The number of hydrogen-bond donors (Lipinski definition) is 1. The van der Waals surface area contributed by atoms with E-state index in [-0.39, 0.29) is 5.60 Å². The third-order valence-corrected chi connectivity index (χ3v) is 4.99. The molecule has 1 aliphatic carbocycles. The normalized spacial score (nSPS) is 20.0. The molecule has 1 unspecified atom stereocenters. The minimum Gasteiger partial charge on any atom is -0.390 e. The van der Waals surface area contributed by atoms with Gasteiger partial charge in [-0.2, -0.15) is 0 Å². The Kier molecular flexibility index (Phi) is 5.83. The summed E-state index contributed by atoms with van der Waals surface area (Å²) in [6.45, 7) is 6.98. The van der Waals surface area contributed by atoms with Crippen LogP contribution in [0.4, 0.5) is 0 Å². The van der Waals surface area contributed by atoms with Crippen molar-refractivity contribution in [2.45, 2.75) is 77.4 Å². The molecule has 118 valence electrons. The largest absolute Gasteiger partial charge is 0.390 e. The molecule has 2 nitrogen and oxygen atoms in total. The fourth-order valence-corrected chi connectivity index (χ4v) is 3.53. The Morgan fingerprint density at radius 2 is 1.76 bits per heavy atom. The first kappa shape index (κ1) is 16.5. The predicted molar refractivity (Wildman–Crippen MR) is 87.7 cm³/mol. The molecule has 0 heterocycles. The maximum absolute atomic E-state index is 10.9. The summed E-state index contributed by atoms with van der Waals surface area (Å²) >= 11 is 0. The number of ether oxygens (including phenoxy) is 1. The van der Waals surface area contributed by atoms with Crippen molar-refractivity contribution in [3.63, 3.8) is 0 Å². The third kappa shape index (κ3) is 4.08. The quantitative estimate of drug-likeness (QED) is 0.818. The van der Waals surface area contributed by atoms with Gasteiger partial charge in [0, 0.05) is 13.0 Å². The zero-order valence-electron chi connectivity index (χ0n) is 13.8. The Hall–Kier alpha value is -0.860. The highest BCUT2D eigenvalue weighted by atomic mass is 16.5. The van der Waals surface area contributed by atoms with Gasteiger partial charge in [-0.25, -0.2) is 0 Å². The summed E-state index contributed by atoms with van der Waals surface area (Å²) in [5, 5.41) is 10.9. The molecule has 2 heteroatoms. The number of benzene rings is 1. The molecule has 1 fully saturated rings. The van der Waals surface area contributed by atoms with E-state index < -0.39 is 6.10 Å². The summed E-state index contributed by atoms with van der Waals surface area (Å²) in [6.07, 6.45) is 7.16. The first-order valence-corrected chi connectivity index (χ1v) is 8.45. The van der Waals surface area contributed by atoms with E-state index in [4.69, 9.17) is 4.74 Å². The lowest BCUT2D eigenvalue weighted by Gasteiger charge is -2.37. The second-order valence-electron chi connectivity index (χ2n) is 6.55. The number of hydrogen-bond acceptors (Lipinski definition) is 2. The minimum absolute atomic E-state index is 0.329. The van der Waals surface area contributed by atoms with Gasteiger partial charge in [-0.05, 0) is 50.3 Å². The minimum atomic E-state index is -0.405. The topological polar surface area (TPSA) is 29.5 Å². The van der Waals surface area contributed by atoms with Gasteiger partial charge in [0.05, 0.1) is 11.7 Å². The Morgan fingerprint density at radius 1 is 1.10 bits per heavy atom. The average Bonchev–Trinajstić information content (AvgIpc) is 2.70. The highest BCUT2D eigenvalue weighted by Gasteiger charge is 2.38. The molecule has 1 atom stereocenters. The van der Waals surface area contributed by atoms with Crippen molar-refractivity contribution >= 4 is 0 Å². The standard InChI is InChI=1S/C19H30O2/c1-4-21-19(11-7-5-6-8-12-19)18(20)14-17-10-9-15(2)16(3)13-17/h9-10,13,18,20H,4-8,11-12,14H2,1-3H3. The molecule has 1 aromatic rings. The van der Waals surface area contributed by atoms with Crippen molar-refractivity contribution in [3.8, 4) is 0 Å². The van der Waals surface area contributed by atoms with Crippen LogP contribution >= 0.6 is 0 Å². The maximum atomic E-state index is 10.9. The van der Waals surface area contributed by atoms with E-state index >= 15 is 0 Å². The van der Waals surface area contributed by atoms with Crippen LogP contribution in [0.2, 0.25) is 0 Å². The van der Waals surface area contributed by atoms with Crippen LogP contribution in [0.3, 0.4) is 0 Å². The zero-order chi connectivity index (χ0) is 15.3. The second-order valence-corrected chi connectivity index (χ2v) is 6.55. The summed E-state index contributed by atoms with van der Waals surface area (Å²) < 4.78 is 6.09. The van der Waals surface area contributed by atoms with Crippen molar-refractivity contribution in [1.29, 1.82) is 0 Å². The molecule has 0 aromatic heterocycles. The van der Waals surface area contributed by atoms with E-state index in [1.165, 1.54) is 42.4 Å². The van der Waals surface area contributed by atoms with Crippen LogP contribution in [0.1, 0.15) is 62.1 Å². The first-order chi connectivity index (χ1) is 10.1. The van der Waals surface area contributed by atoms with Crippen LogP contribution in [-0.2, 0) is 11.2 Å². The molecule has 1 N–H and O–H groups in total. The lowest BCUT2D eigenvalue weighted by molar-refractivity contribution is -0.128. The van der Waals surface area contributed by atoms with Crippen molar-refractivity contribution in [2.75, 3.05) is 6.61 Å². The molecule has 0 bridgehead atoms. The van der Waals surface area contributed by atoms with Gasteiger partial charge < -0.3 is 9.84 Å². The first-order valence-electron chi connectivity index (χ1n) is 8.45. The van der Waals surface area contributed by atoms with E-state index in [1.807, 2.05) is 6.92 Å². The van der Waals surface area contributed by atoms with E-state index in [0.717, 1.165) is 12.8 Å². The summed E-state index contributed by atoms with van der Waals surface area (Å²) in [5.74, 6) is 0. The molecule has 1 aromatic carbocycles. The van der Waals surface area contributed by atoms with Gasteiger partial charge in [-0.15, -0.1) is 0 Å². The Labute approximate surface area is 129 Å². The van der Waals surface area contributed by atoms with E-state index in [9.17, 15) is 5.11 Å². The highest BCUT2D eigenvalue weighted by Crippen LogP contribution is 2.35. The predicted octanol–water partition coefficient (Wildman–Crippen LogP) is 4.34. The van der Waals surface area contributed by atoms with Crippen molar-refractivity contribution in [2.24, 2.45) is 0 Å². The Morgan fingerprint density at radius 3 is 2.33 bits per heavy atom. The smallest absolute Gasteiger partial charge is 0.0943 e. The van der Waals surface area contributed by atoms with Gasteiger partial charge >= 0.3 is 0 Å². The van der Waals surface area contributed by atoms with Gasteiger partial charge in [0.15, 0.2) is 0 Å². The van der Waals surface area contributed by atoms with Crippen LogP contribution in [0.15, 0.2) is 18.2 Å². The molecule has 0 saturated heterocycles. The average molecular weight is 290 g/mol. The Bertz CT molecular complexity index is 445. The van der Waals surface area contributed by atoms with Crippen LogP contribution < -0.4 is 0 Å². The monoisotopic (exact) mass is 290 g/mol. The molecule has 1 aliphatic rings. The molecule has 0 spiro atoms. The molecular weight excluding hydrogens is 260 g/mol. The van der Waals surface area contributed by atoms with Gasteiger partial charge in [0.25, 0.3) is 0 Å². The number of aliphatic hydroxyl groups is 1. The molecule has 21 heavy (non-hydrogen) atoms. The third-order valence-electron chi connectivity index (χ3n) is 4.99. The maximum Gasteiger partial charge on any atom is 0.0943 e.